The van der Waals surface area contributed by atoms with Gasteiger partial charge in [0.15, 0.2) is 11.1 Å². The molecule has 0 bridgehead atoms. The Morgan fingerprint density at radius 3 is 2.06 bits per heavy atom. The number of hydrogen-bond acceptors (Lipinski definition) is 3. The summed E-state index contributed by atoms with van der Waals surface area (Å²) in [6.07, 6.45) is 1.25. The van der Waals surface area contributed by atoms with Crippen molar-refractivity contribution < 1.29 is 18.3 Å². The lowest BCUT2D eigenvalue weighted by Gasteiger charge is -1.98. The molecule has 0 amide bonds. The number of hydrogen-bond donors (Lipinski definition) is 1. The Balaban J connectivity index is 0.000000673. The molecule has 0 fully saturated rings. The first-order valence-corrected chi connectivity index (χ1v) is 5.96. The van der Waals surface area contributed by atoms with Gasteiger partial charge < -0.3 is 9.29 Å². The lowest BCUT2D eigenvalue weighted by atomic mass is 10.2. The molecule has 0 aliphatic carbocycles. The lowest BCUT2D eigenvalue weighted by Crippen LogP contribution is -2.01. The largest absolute Gasteiger partial charge is 0.465 e. The van der Waals surface area contributed by atoms with Crippen molar-refractivity contribution in [1.29, 1.82) is 0 Å². The fourth-order valence-electron chi connectivity index (χ4n) is 0.825. The fourth-order valence-corrected chi connectivity index (χ4v) is 1.19. The van der Waals surface area contributed by atoms with E-state index in [0.29, 0.717) is 5.56 Å². The van der Waals surface area contributed by atoms with E-state index < -0.39 is 17.0 Å². The zero-order chi connectivity index (χ0) is 12.6. The molecule has 1 rings (SSSR count). The maximum absolute atomic E-state index is 10.9. The van der Waals surface area contributed by atoms with Gasteiger partial charge in [-0.15, -0.1) is 0 Å². The van der Waals surface area contributed by atoms with Crippen LogP contribution in [0, 0.1) is 0 Å². The Bertz CT molecular complexity index is 346. The summed E-state index contributed by atoms with van der Waals surface area (Å²) in [5.41, 5.74) is 0.358. The van der Waals surface area contributed by atoms with Crippen molar-refractivity contribution in [2.45, 2.75) is 25.2 Å². The van der Waals surface area contributed by atoms with Gasteiger partial charge in [0.2, 0.25) is 0 Å². The first-order valence-electron chi connectivity index (χ1n) is 4.86. The molecule has 0 aliphatic rings. The molecule has 16 heavy (non-hydrogen) atoms. The number of benzene rings is 1. The highest BCUT2D eigenvalue weighted by Crippen LogP contribution is 2.07. The average Bonchev–Trinajstić information content (AvgIpc) is 2.29. The van der Waals surface area contributed by atoms with E-state index in [4.69, 9.17) is 4.55 Å². The first-order chi connectivity index (χ1) is 7.56. The van der Waals surface area contributed by atoms with Crippen LogP contribution < -0.4 is 0 Å². The van der Waals surface area contributed by atoms with Crippen LogP contribution in [0.4, 0.5) is 0 Å². The quantitative estimate of drug-likeness (QED) is 0.641. The first kappa shape index (κ1) is 14.8. The lowest BCUT2D eigenvalue weighted by molar-refractivity contribution is 0.0600. The van der Waals surface area contributed by atoms with Gasteiger partial charge in [0, 0.05) is 0 Å². The van der Waals surface area contributed by atoms with E-state index >= 15 is 0 Å². The minimum Gasteiger partial charge on any atom is -0.465 e. The van der Waals surface area contributed by atoms with Crippen LogP contribution in [0.5, 0.6) is 0 Å². The van der Waals surface area contributed by atoms with Crippen LogP contribution in [0.1, 0.15) is 30.6 Å². The molecule has 1 N–H and O–H groups in total. The summed E-state index contributed by atoms with van der Waals surface area (Å²) in [5.74, 6) is -0.463. The summed E-state index contributed by atoms with van der Waals surface area (Å²) in [7, 11) is 1.28. The van der Waals surface area contributed by atoms with E-state index in [1.54, 1.807) is 0 Å². The van der Waals surface area contributed by atoms with Crippen molar-refractivity contribution >= 4 is 17.0 Å². The number of carbonyl (C=O) groups is 1. The molecule has 1 atom stereocenters. The topological polar surface area (TPSA) is 63.6 Å². The van der Waals surface area contributed by atoms with Crippen LogP contribution in [-0.4, -0.2) is 21.8 Å². The van der Waals surface area contributed by atoms with Crippen LogP contribution in [0.3, 0.4) is 0 Å². The number of esters is 1. The number of ether oxygens (including phenoxy) is 1. The molecule has 1 unspecified atom stereocenters. The molecule has 0 heterocycles. The van der Waals surface area contributed by atoms with Gasteiger partial charge in [0.05, 0.1) is 17.6 Å². The zero-order valence-corrected chi connectivity index (χ0v) is 10.4. The van der Waals surface area contributed by atoms with Gasteiger partial charge in [-0.05, 0) is 24.3 Å². The molecule has 1 aromatic rings. The summed E-state index contributed by atoms with van der Waals surface area (Å²) < 4.78 is 23.7. The van der Waals surface area contributed by atoms with Crippen molar-refractivity contribution in [2.24, 2.45) is 0 Å². The Labute approximate surface area is 97.9 Å². The van der Waals surface area contributed by atoms with Crippen molar-refractivity contribution in [2.75, 3.05) is 7.11 Å². The third kappa shape index (κ3) is 5.04. The molecule has 1 aromatic carbocycles. The normalized spacial score (nSPS) is 11.0. The van der Waals surface area contributed by atoms with Gasteiger partial charge >= 0.3 is 5.97 Å². The highest BCUT2D eigenvalue weighted by Gasteiger charge is 2.05. The molecule has 5 heteroatoms. The number of rotatable bonds is 2. The summed E-state index contributed by atoms with van der Waals surface area (Å²) in [4.78, 5) is 11.2. The van der Waals surface area contributed by atoms with Gasteiger partial charge in [0.1, 0.15) is 0 Å². The summed E-state index contributed by atoms with van der Waals surface area (Å²) >= 11 is -2.00. The highest BCUT2D eigenvalue weighted by molar-refractivity contribution is 7.79. The van der Waals surface area contributed by atoms with Crippen LogP contribution in [0.25, 0.3) is 0 Å². The van der Waals surface area contributed by atoms with E-state index in [1.807, 2.05) is 0 Å². The molecule has 0 saturated heterocycles. The SMILES string of the molecule is CCC.COC(=O)c1ccc(S(=O)O)cc1. The minimum atomic E-state index is -2.00. The van der Waals surface area contributed by atoms with Crippen molar-refractivity contribution in [3.8, 4) is 0 Å². The van der Waals surface area contributed by atoms with Crippen LogP contribution in [0.2, 0.25) is 0 Å². The Morgan fingerprint density at radius 1 is 1.31 bits per heavy atom. The second-order valence-corrected chi connectivity index (χ2v) is 3.94. The Morgan fingerprint density at radius 2 is 1.75 bits per heavy atom. The monoisotopic (exact) mass is 244 g/mol. The van der Waals surface area contributed by atoms with Crippen LogP contribution in [0.15, 0.2) is 29.2 Å². The predicted molar refractivity (Wildman–Crippen MR) is 62.8 cm³/mol. The van der Waals surface area contributed by atoms with Crippen molar-refractivity contribution in [3.63, 3.8) is 0 Å². The Hall–Kier alpha value is -1.20. The summed E-state index contributed by atoms with van der Waals surface area (Å²) in [5, 5.41) is 0. The highest BCUT2D eigenvalue weighted by atomic mass is 32.2. The standard InChI is InChI=1S/C8H8O4S.C3H8/c1-12-8(9)6-2-4-7(5-3-6)13(10)11;1-3-2/h2-5H,1H3,(H,10,11);3H2,1-2H3. The maximum atomic E-state index is 10.9. The van der Waals surface area contributed by atoms with Crippen molar-refractivity contribution in [1.82, 2.24) is 0 Å². The molecular formula is C11H16O4S. The van der Waals surface area contributed by atoms with E-state index in [-0.39, 0.29) is 4.90 Å². The van der Waals surface area contributed by atoms with E-state index in [2.05, 4.69) is 18.6 Å². The summed E-state index contributed by atoms with van der Waals surface area (Å²) in [6, 6.07) is 5.69. The molecular weight excluding hydrogens is 228 g/mol. The minimum absolute atomic E-state index is 0.257. The van der Waals surface area contributed by atoms with E-state index in [9.17, 15) is 9.00 Å². The maximum Gasteiger partial charge on any atom is 0.337 e. The zero-order valence-electron chi connectivity index (χ0n) is 9.60. The van der Waals surface area contributed by atoms with Gasteiger partial charge in [-0.1, -0.05) is 20.3 Å². The second-order valence-electron chi connectivity index (χ2n) is 2.97. The molecule has 0 saturated carbocycles. The number of methoxy groups -OCH3 is 1. The molecule has 90 valence electrons. The molecule has 4 nitrogen and oxygen atoms in total. The van der Waals surface area contributed by atoms with Gasteiger partial charge in [-0.25, -0.2) is 9.00 Å². The third-order valence-corrected chi connectivity index (χ3v) is 2.15. The van der Waals surface area contributed by atoms with E-state index in [1.165, 1.54) is 37.8 Å². The molecule has 0 aromatic heterocycles. The molecule has 0 radical (unpaired) electrons. The van der Waals surface area contributed by atoms with Gasteiger partial charge in [-0.2, -0.15) is 0 Å². The predicted octanol–water partition coefficient (Wildman–Crippen LogP) is 2.47. The van der Waals surface area contributed by atoms with Crippen LogP contribution in [-0.2, 0) is 15.8 Å². The molecule has 0 spiro atoms. The molecule has 0 aliphatic heterocycles. The van der Waals surface area contributed by atoms with Crippen LogP contribution >= 0.6 is 0 Å². The number of carbonyl (C=O) groups excluding carboxylic acids is 1. The van der Waals surface area contributed by atoms with Gasteiger partial charge in [-0.3, -0.25) is 0 Å². The fraction of sp³-hybridized carbons (Fsp3) is 0.364. The summed E-state index contributed by atoms with van der Waals surface area (Å²) in [6.45, 7) is 4.25. The smallest absolute Gasteiger partial charge is 0.337 e. The van der Waals surface area contributed by atoms with Gasteiger partial charge in [0.25, 0.3) is 0 Å². The third-order valence-electron chi connectivity index (χ3n) is 1.48. The second kappa shape index (κ2) is 8.01. The van der Waals surface area contributed by atoms with E-state index in [0.717, 1.165) is 0 Å². The Kier molecular flexibility index (Phi) is 7.41. The average molecular weight is 244 g/mol. The van der Waals surface area contributed by atoms with Crippen molar-refractivity contribution in [3.05, 3.63) is 29.8 Å².